The summed E-state index contributed by atoms with van der Waals surface area (Å²) in [5, 5.41) is 3.16. The van der Waals surface area contributed by atoms with Crippen LogP contribution in [0.25, 0.3) is 5.57 Å². The third-order valence-corrected chi connectivity index (χ3v) is 4.91. The van der Waals surface area contributed by atoms with Gasteiger partial charge in [0, 0.05) is 16.8 Å². The molecule has 3 aromatic rings. The molecule has 0 spiro atoms. The fourth-order valence-electron chi connectivity index (χ4n) is 3.20. The van der Waals surface area contributed by atoms with Crippen LogP contribution in [0.3, 0.4) is 0 Å². The number of rotatable bonds is 4. The van der Waals surface area contributed by atoms with Crippen molar-refractivity contribution < 1.29 is 18.4 Å². The maximum absolute atomic E-state index is 13.7. The summed E-state index contributed by atoms with van der Waals surface area (Å²) in [7, 11) is 0. The van der Waals surface area contributed by atoms with Crippen LogP contribution in [0, 0.1) is 18.6 Å². The Bertz CT molecular complexity index is 1210. The van der Waals surface area contributed by atoms with Crippen molar-refractivity contribution >= 4 is 40.4 Å². The molecule has 0 aromatic heterocycles. The van der Waals surface area contributed by atoms with Gasteiger partial charge in [-0.25, -0.2) is 13.7 Å². The van der Waals surface area contributed by atoms with Crippen molar-refractivity contribution in [3.8, 4) is 0 Å². The van der Waals surface area contributed by atoms with Crippen LogP contribution in [0.4, 0.5) is 20.2 Å². The van der Waals surface area contributed by atoms with Gasteiger partial charge in [-0.15, -0.1) is 0 Å². The molecule has 1 aliphatic rings. The minimum absolute atomic E-state index is 0.0326. The summed E-state index contributed by atoms with van der Waals surface area (Å²) in [5.41, 5.74) is 2.05. The summed E-state index contributed by atoms with van der Waals surface area (Å²) in [5.74, 6) is -3.25. The van der Waals surface area contributed by atoms with Gasteiger partial charge in [-0.05, 0) is 42.8 Å². The van der Waals surface area contributed by atoms with Crippen molar-refractivity contribution in [1.82, 2.24) is 0 Å². The van der Waals surface area contributed by atoms with Gasteiger partial charge in [0.2, 0.25) is 0 Å². The maximum atomic E-state index is 13.7. The molecule has 2 amide bonds. The zero-order valence-electron chi connectivity index (χ0n) is 15.7. The Kier molecular flexibility index (Phi) is 5.10. The van der Waals surface area contributed by atoms with Gasteiger partial charge in [-0.3, -0.25) is 9.59 Å². The maximum Gasteiger partial charge on any atom is 0.282 e. The Morgan fingerprint density at radius 2 is 1.60 bits per heavy atom. The van der Waals surface area contributed by atoms with E-state index in [9.17, 15) is 18.4 Å². The highest BCUT2D eigenvalue weighted by Gasteiger charge is 2.40. The van der Waals surface area contributed by atoms with Gasteiger partial charge in [0.15, 0.2) is 11.6 Å². The molecule has 0 fully saturated rings. The molecule has 150 valence electrons. The number of hydrogen-bond donors (Lipinski definition) is 1. The van der Waals surface area contributed by atoms with Crippen LogP contribution in [-0.4, -0.2) is 11.8 Å². The topological polar surface area (TPSA) is 49.4 Å². The molecule has 4 rings (SSSR count). The van der Waals surface area contributed by atoms with Gasteiger partial charge in [-0.1, -0.05) is 47.5 Å². The molecule has 0 saturated heterocycles. The van der Waals surface area contributed by atoms with E-state index in [0.717, 1.165) is 22.6 Å². The van der Waals surface area contributed by atoms with E-state index in [4.69, 9.17) is 11.6 Å². The molecule has 4 nitrogen and oxygen atoms in total. The highest BCUT2D eigenvalue weighted by molar-refractivity contribution is 6.46. The van der Waals surface area contributed by atoms with Gasteiger partial charge < -0.3 is 5.32 Å². The first kappa shape index (κ1) is 19.8. The highest BCUT2D eigenvalue weighted by atomic mass is 35.5. The quantitative estimate of drug-likeness (QED) is 0.576. The van der Waals surface area contributed by atoms with Crippen molar-refractivity contribution in [2.24, 2.45) is 0 Å². The van der Waals surface area contributed by atoms with Crippen molar-refractivity contribution in [1.29, 1.82) is 0 Å². The first-order chi connectivity index (χ1) is 14.3. The average Bonchev–Trinajstić information content (AvgIpc) is 2.95. The number of imide groups is 1. The fourth-order valence-corrected chi connectivity index (χ4v) is 3.39. The largest absolute Gasteiger partial charge is 0.350 e. The molecule has 0 bridgehead atoms. The minimum atomic E-state index is -1.07. The first-order valence-electron chi connectivity index (χ1n) is 9.03. The summed E-state index contributed by atoms with van der Waals surface area (Å²) < 4.78 is 27.0. The van der Waals surface area contributed by atoms with Crippen LogP contribution in [0.15, 0.2) is 72.4 Å². The van der Waals surface area contributed by atoms with Crippen LogP contribution < -0.4 is 10.2 Å². The van der Waals surface area contributed by atoms with Gasteiger partial charge in [0.05, 0.1) is 11.3 Å². The molecule has 3 aromatic carbocycles. The van der Waals surface area contributed by atoms with E-state index in [1.54, 1.807) is 30.3 Å². The Balaban J connectivity index is 1.83. The van der Waals surface area contributed by atoms with Crippen LogP contribution in [0.2, 0.25) is 5.02 Å². The van der Waals surface area contributed by atoms with Crippen LogP contribution in [0.1, 0.15) is 11.1 Å². The third-order valence-electron chi connectivity index (χ3n) is 4.68. The molecular formula is C23H15ClF2N2O2. The summed E-state index contributed by atoms with van der Waals surface area (Å²) in [6.07, 6.45) is 0. The lowest BCUT2D eigenvalue weighted by molar-refractivity contribution is -0.120. The predicted octanol–water partition coefficient (Wildman–Crippen LogP) is 5.32. The summed E-state index contributed by atoms with van der Waals surface area (Å²) >= 11 is 6.03. The number of nitrogens with zero attached hydrogens (tertiary/aromatic N) is 1. The molecule has 0 atom stereocenters. The van der Waals surface area contributed by atoms with Crippen LogP contribution in [-0.2, 0) is 9.59 Å². The number of hydrogen-bond acceptors (Lipinski definition) is 3. The minimum Gasteiger partial charge on any atom is -0.350 e. The zero-order valence-corrected chi connectivity index (χ0v) is 16.5. The molecule has 0 aliphatic carbocycles. The van der Waals surface area contributed by atoms with Crippen molar-refractivity contribution in [3.63, 3.8) is 0 Å². The van der Waals surface area contributed by atoms with Crippen LogP contribution >= 0.6 is 11.6 Å². The number of amides is 2. The summed E-state index contributed by atoms with van der Waals surface area (Å²) in [6, 6.07) is 16.6. The van der Waals surface area contributed by atoms with Gasteiger partial charge in [0.25, 0.3) is 11.8 Å². The van der Waals surface area contributed by atoms with Crippen molar-refractivity contribution in [3.05, 3.63) is 100 Å². The summed E-state index contributed by atoms with van der Waals surface area (Å²) in [6.45, 7) is 1.90. The molecule has 0 saturated carbocycles. The van der Waals surface area contributed by atoms with E-state index >= 15 is 0 Å². The van der Waals surface area contributed by atoms with Crippen LogP contribution in [0.5, 0.6) is 0 Å². The molecule has 0 radical (unpaired) electrons. The highest BCUT2D eigenvalue weighted by Crippen LogP contribution is 2.34. The second kappa shape index (κ2) is 7.72. The number of carbonyl (C=O) groups excluding carboxylic acids is 2. The third kappa shape index (κ3) is 3.57. The number of carbonyl (C=O) groups is 2. The number of nitrogens with one attached hydrogen (secondary N) is 1. The van der Waals surface area contributed by atoms with Gasteiger partial charge >= 0.3 is 0 Å². The predicted molar refractivity (Wildman–Crippen MR) is 112 cm³/mol. The van der Waals surface area contributed by atoms with E-state index in [0.29, 0.717) is 16.3 Å². The Hall–Kier alpha value is -3.51. The van der Waals surface area contributed by atoms with E-state index in [2.05, 4.69) is 5.32 Å². The lowest BCUT2D eigenvalue weighted by Crippen LogP contribution is -2.32. The smallest absolute Gasteiger partial charge is 0.282 e. The molecule has 7 heteroatoms. The second-order valence-corrected chi connectivity index (χ2v) is 7.23. The van der Waals surface area contributed by atoms with Gasteiger partial charge in [0.1, 0.15) is 5.70 Å². The van der Waals surface area contributed by atoms with E-state index < -0.39 is 23.4 Å². The second-order valence-electron chi connectivity index (χ2n) is 6.80. The van der Waals surface area contributed by atoms with Gasteiger partial charge in [-0.2, -0.15) is 0 Å². The van der Waals surface area contributed by atoms with Crippen molar-refractivity contribution in [2.75, 3.05) is 10.2 Å². The monoisotopic (exact) mass is 424 g/mol. The normalized spacial score (nSPS) is 13.9. The standard InChI is InChI=1S/C23H15ClF2N2O2/c1-13-5-7-14(8-6-13)20-21(27-16-9-10-18(25)19(26)12-16)23(30)28(22(20)29)17-4-2-3-15(24)11-17/h2-12,27H,1H3. The fraction of sp³-hybridized carbons (Fsp3) is 0.0435. The number of benzene rings is 3. The van der Waals surface area contributed by atoms with E-state index in [1.807, 2.05) is 19.1 Å². The Morgan fingerprint density at radius 1 is 0.867 bits per heavy atom. The molecular weight excluding hydrogens is 410 g/mol. The average molecular weight is 425 g/mol. The number of anilines is 2. The summed E-state index contributed by atoms with van der Waals surface area (Å²) in [4.78, 5) is 27.5. The molecule has 30 heavy (non-hydrogen) atoms. The SMILES string of the molecule is Cc1ccc(C2=C(Nc3ccc(F)c(F)c3)C(=O)N(c3cccc(Cl)c3)C2=O)cc1. The molecule has 0 unspecified atom stereocenters. The van der Waals surface area contributed by atoms with Crippen molar-refractivity contribution in [2.45, 2.75) is 6.92 Å². The first-order valence-corrected chi connectivity index (χ1v) is 9.40. The Labute approximate surface area is 176 Å². The van der Waals surface area contributed by atoms with E-state index in [1.165, 1.54) is 12.1 Å². The zero-order chi connectivity index (χ0) is 21.4. The Morgan fingerprint density at radius 3 is 2.27 bits per heavy atom. The lowest BCUT2D eigenvalue weighted by atomic mass is 10.0. The lowest BCUT2D eigenvalue weighted by Gasteiger charge is -2.15. The molecule has 1 heterocycles. The molecule has 1 aliphatic heterocycles. The number of aryl methyl sites for hydroxylation is 1. The number of halogens is 3. The molecule has 1 N–H and O–H groups in total. The van der Waals surface area contributed by atoms with E-state index in [-0.39, 0.29) is 17.0 Å².